The van der Waals surface area contributed by atoms with Crippen LogP contribution >= 0.6 is 0 Å². The van der Waals surface area contributed by atoms with Gasteiger partial charge in [0.15, 0.2) is 0 Å². The van der Waals surface area contributed by atoms with E-state index in [0.29, 0.717) is 6.04 Å². The van der Waals surface area contributed by atoms with E-state index in [1.54, 1.807) is 0 Å². The van der Waals surface area contributed by atoms with Gasteiger partial charge in [0.05, 0.1) is 6.61 Å². The summed E-state index contributed by atoms with van der Waals surface area (Å²) in [5.74, 6) is 0. The second-order valence-corrected chi connectivity index (χ2v) is 7.21. The van der Waals surface area contributed by atoms with E-state index in [4.69, 9.17) is 9.84 Å². The van der Waals surface area contributed by atoms with Gasteiger partial charge in [0.25, 0.3) is 0 Å². The fraction of sp³-hybridized carbons (Fsp3) is 0.611. The number of carbonyl (C=O) groups is 1. The number of carbonyl (C=O) groups excluding carboxylic acids is 1. The molecule has 5 heteroatoms. The molecule has 0 aromatic heterocycles. The molecule has 23 heavy (non-hydrogen) atoms. The standard InChI is InChI=1S/C18H28N2O3/c1-18(2,3)23-17(22)20-16-6-4-5-15(11-16)19-14-9-7-13(12-21)8-10-14/h7-10,15-16,19,21H,4-6,11-12H2,1-3H3,(H,20,22). The number of hydrogen-bond acceptors (Lipinski definition) is 4. The van der Waals surface area contributed by atoms with E-state index in [0.717, 1.165) is 36.9 Å². The van der Waals surface area contributed by atoms with Gasteiger partial charge in [0.2, 0.25) is 0 Å². The summed E-state index contributed by atoms with van der Waals surface area (Å²) in [6.45, 7) is 5.67. The van der Waals surface area contributed by atoms with Crippen LogP contribution in [0, 0.1) is 0 Å². The van der Waals surface area contributed by atoms with Crippen molar-refractivity contribution < 1.29 is 14.6 Å². The summed E-state index contributed by atoms with van der Waals surface area (Å²) in [5, 5.41) is 15.6. The number of aliphatic hydroxyl groups is 1. The van der Waals surface area contributed by atoms with E-state index in [1.165, 1.54) is 0 Å². The number of hydrogen-bond donors (Lipinski definition) is 3. The molecule has 1 aromatic rings. The van der Waals surface area contributed by atoms with Gasteiger partial charge in [0.1, 0.15) is 5.60 Å². The fourth-order valence-electron chi connectivity index (χ4n) is 2.87. The molecule has 0 heterocycles. The van der Waals surface area contributed by atoms with Crippen molar-refractivity contribution >= 4 is 11.8 Å². The first-order valence-corrected chi connectivity index (χ1v) is 8.31. The van der Waals surface area contributed by atoms with Crippen LogP contribution in [0.15, 0.2) is 24.3 Å². The van der Waals surface area contributed by atoms with Gasteiger partial charge in [-0.15, -0.1) is 0 Å². The number of alkyl carbamates (subject to hydrolysis) is 1. The highest BCUT2D eigenvalue weighted by atomic mass is 16.6. The van der Waals surface area contributed by atoms with E-state index >= 15 is 0 Å². The van der Waals surface area contributed by atoms with Gasteiger partial charge >= 0.3 is 6.09 Å². The third kappa shape index (κ3) is 6.10. The SMILES string of the molecule is CC(C)(C)OC(=O)NC1CCCC(Nc2ccc(CO)cc2)C1. The van der Waals surface area contributed by atoms with Gasteiger partial charge in [-0.2, -0.15) is 0 Å². The first kappa shape index (κ1) is 17.6. The molecule has 0 aliphatic heterocycles. The van der Waals surface area contributed by atoms with Crippen molar-refractivity contribution in [2.75, 3.05) is 5.32 Å². The summed E-state index contributed by atoms with van der Waals surface area (Å²) < 4.78 is 5.33. The summed E-state index contributed by atoms with van der Waals surface area (Å²) in [6.07, 6.45) is 3.71. The van der Waals surface area contributed by atoms with Crippen LogP contribution < -0.4 is 10.6 Å². The van der Waals surface area contributed by atoms with Crippen LogP contribution in [-0.4, -0.2) is 28.9 Å². The molecule has 2 rings (SSSR count). The lowest BCUT2D eigenvalue weighted by atomic mass is 9.91. The molecule has 5 nitrogen and oxygen atoms in total. The van der Waals surface area contributed by atoms with Crippen LogP contribution in [0.1, 0.15) is 52.0 Å². The normalized spacial score (nSPS) is 21.6. The zero-order valence-corrected chi connectivity index (χ0v) is 14.3. The van der Waals surface area contributed by atoms with Crippen LogP contribution in [0.3, 0.4) is 0 Å². The topological polar surface area (TPSA) is 70.6 Å². The van der Waals surface area contributed by atoms with Gasteiger partial charge in [0, 0.05) is 17.8 Å². The zero-order chi connectivity index (χ0) is 16.9. The minimum Gasteiger partial charge on any atom is -0.444 e. The largest absolute Gasteiger partial charge is 0.444 e. The number of rotatable bonds is 4. The maximum absolute atomic E-state index is 11.9. The van der Waals surface area contributed by atoms with Gasteiger partial charge < -0.3 is 20.5 Å². The van der Waals surface area contributed by atoms with Crippen molar-refractivity contribution in [3.63, 3.8) is 0 Å². The molecule has 128 valence electrons. The molecular weight excluding hydrogens is 292 g/mol. The molecule has 1 aliphatic carbocycles. The van der Waals surface area contributed by atoms with Gasteiger partial charge in [-0.3, -0.25) is 0 Å². The van der Waals surface area contributed by atoms with Gasteiger partial charge in [-0.25, -0.2) is 4.79 Å². The predicted molar refractivity (Wildman–Crippen MR) is 91.4 cm³/mol. The lowest BCUT2D eigenvalue weighted by molar-refractivity contribution is 0.0492. The molecule has 0 bridgehead atoms. The first-order chi connectivity index (χ1) is 10.9. The Hall–Kier alpha value is -1.75. The Kier molecular flexibility index (Phi) is 5.88. The van der Waals surface area contributed by atoms with Crippen LogP contribution in [0.2, 0.25) is 0 Å². The molecule has 1 fully saturated rings. The molecule has 0 radical (unpaired) electrons. The summed E-state index contributed by atoms with van der Waals surface area (Å²) in [5.41, 5.74) is 1.49. The van der Waals surface area contributed by atoms with Gasteiger partial charge in [-0.05, 0) is 64.2 Å². The molecule has 0 spiro atoms. The molecule has 3 N–H and O–H groups in total. The number of aliphatic hydroxyl groups excluding tert-OH is 1. The minimum atomic E-state index is -0.467. The third-order valence-electron chi connectivity index (χ3n) is 3.90. The molecule has 1 aromatic carbocycles. The maximum Gasteiger partial charge on any atom is 0.407 e. The summed E-state index contributed by atoms with van der Waals surface area (Å²) in [7, 11) is 0. The Morgan fingerprint density at radius 2 is 1.87 bits per heavy atom. The summed E-state index contributed by atoms with van der Waals surface area (Å²) in [4.78, 5) is 11.9. The van der Waals surface area contributed by atoms with Crippen molar-refractivity contribution in [1.82, 2.24) is 5.32 Å². The Morgan fingerprint density at radius 1 is 1.22 bits per heavy atom. The van der Waals surface area contributed by atoms with Crippen molar-refractivity contribution in [3.05, 3.63) is 29.8 Å². The molecule has 2 atom stereocenters. The average molecular weight is 320 g/mol. The molecule has 0 saturated heterocycles. The number of benzene rings is 1. The molecule has 1 aliphatic rings. The Bertz CT molecular complexity index is 508. The highest BCUT2D eigenvalue weighted by Crippen LogP contribution is 2.23. The zero-order valence-electron chi connectivity index (χ0n) is 14.3. The van der Waals surface area contributed by atoms with E-state index < -0.39 is 5.60 Å². The molecular formula is C18H28N2O3. The van der Waals surface area contributed by atoms with Crippen LogP contribution in [0.5, 0.6) is 0 Å². The number of amides is 1. The maximum atomic E-state index is 11.9. The lowest BCUT2D eigenvalue weighted by Gasteiger charge is -2.31. The Morgan fingerprint density at radius 3 is 2.48 bits per heavy atom. The predicted octanol–water partition coefficient (Wildman–Crippen LogP) is 3.43. The van der Waals surface area contributed by atoms with Crippen molar-refractivity contribution in [3.8, 4) is 0 Å². The highest BCUT2D eigenvalue weighted by molar-refractivity contribution is 5.68. The number of ether oxygens (including phenoxy) is 1. The van der Waals surface area contributed by atoms with Crippen LogP contribution in [0.4, 0.5) is 10.5 Å². The average Bonchev–Trinajstić information content (AvgIpc) is 2.46. The van der Waals surface area contributed by atoms with Crippen molar-refractivity contribution in [1.29, 1.82) is 0 Å². The minimum absolute atomic E-state index is 0.0611. The van der Waals surface area contributed by atoms with E-state index in [2.05, 4.69) is 10.6 Å². The molecule has 1 saturated carbocycles. The molecule has 2 unspecified atom stereocenters. The first-order valence-electron chi connectivity index (χ1n) is 8.31. The van der Waals surface area contributed by atoms with E-state index in [-0.39, 0.29) is 18.7 Å². The molecule has 1 amide bonds. The van der Waals surface area contributed by atoms with Gasteiger partial charge in [-0.1, -0.05) is 12.1 Å². The van der Waals surface area contributed by atoms with E-state index in [9.17, 15) is 4.79 Å². The van der Waals surface area contributed by atoms with Crippen molar-refractivity contribution in [2.45, 2.75) is 70.7 Å². The highest BCUT2D eigenvalue weighted by Gasteiger charge is 2.25. The van der Waals surface area contributed by atoms with Crippen LogP contribution in [0.25, 0.3) is 0 Å². The second-order valence-electron chi connectivity index (χ2n) is 7.21. The fourth-order valence-corrected chi connectivity index (χ4v) is 2.87. The summed E-state index contributed by atoms with van der Waals surface area (Å²) >= 11 is 0. The Labute approximate surface area is 138 Å². The number of anilines is 1. The smallest absolute Gasteiger partial charge is 0.407 e. The third-order valence-corrected chi connectivity index (χ3v) is 3.90. The second kappa shape index (κ2) is 7.68. The van der Waals surface area contributed by atoms with E-state index in [1.807, 2.05) is 45.0 Å². The lowest BCUT2D eigenvalue weighted by Crippen LogP contribution is -2.43. The monoisotopic (exact) mass is 320 g/mol. The van der Waals surface area contributed by atoms with Crippen molar-refractivity contribution in [2.24, 2.45) is 0 Å². The quantitative estimate of drug-likeness (QED) is 0.795. The Balaban J connectivity index is 1.84. The summed E-state index contributed by atoms with van der Waals surface area (Å²) in [6, 6.07) is 8.28. The number of nitrogens with one attached hydrogen (secondary N) is 2. The van der Waals surface area contributed by atoms with Crippen LogP contribution in [-0.2, 0) is 11.3 Å².